The lowest BCUT2D eigenvalue weighted by Crippen LogP contribution is -2.30. The Bertz CT molecular complexity index is 165. The van der Waals surface area contributed by atoms with E-state index in [1.54, 1.807) is 0 Å². The summed E-state index contributed by atoms with van der Waals surface area (Å²) in [6.07, 6.45) is 1.95. The Morgan fingerprint density at radius 3 is 2.46 bits per heavy atom. The van der Waals surface area contributed by atoms with Crippen molar-refractivity contribution in [2.24, 2.45) is 5.41 Å². The van der Waals surface area contributed by atoms with Crippen molar-refractivity contribution < 1.29 is 9.53 Å². The van der Waals surface area contributed by atoms with E-state index in [9.17, 15) is 4.79 Å². The normalized spacial score (nSPS) is 13.9. The van der Waals surface area contributed by atoms with Crippen LogP contribution >= 0.6 is 11.9 Å². The summed E-state index contributed by atoms with van der Waals surface area (Å²) in [5.41, 5.74) is -0.404. The Labute approximate surface area is 84.7 Å². The second kappa shape index (κ2) is 5.50. The van der Waals surface area contributed by atoms with Crippen molar-refractivity contribution in [1.29, 1.82) is 0 Å². The summed E-state index contributed by atoms with van der Waals surface area (Å²) in [7, 11) is 0. The first-order valence-corrected chi connectivity index (χ1v) is 5.56. The minimum atomic E-state index is -0.404. The van der Waals surface area contributed by atoms with E-state index < -0.39 is 5.41 Å². The quantitative estimate of drug-likeness (QED) is 0.561. The molecule has 0 fully saturated rings. The highest BCUT2D eigenvalue weighted by Gasteiger charge is 2.23. The van der Waals surface area contributed by atoms with Gasteiger partial charge in [-0.3, -0.25) is 9.52 Å². The van der Waals surface area contributed by atoms with Gasteiger partial charge in [0.05, 0.1) is 5.41 Å². The van der Waals surface area contributed by atoms with E-state index in [-0.39, 0.29) is 12.0 Å². The van der Waals surface area contributed by atoms with Crippen molar-refractivity contribution >= 4 is 17.9 Å². The molecule has 0 aliphatic carbocycles. The van der Waals surface area contributed by atoms with Gasteiger partial charge in [0.2, 0.25) is 0 Å². The van der Waals surface area contributed by atoms with Crippen LogP contribution in [0.15, 0.2) is 0 Å². The lowest BCUT2D eigenvalue weighted by Gasteiger charge is -2.18. The molecule has 3 nitrogen and oxygen atoms in total. The SMILES string of the molecule is CSNC(C)COC(=O)C(C)(C)C. The molecule has 0 saturated carbocycles. The zero-order chi connectivity index (χ0) is 10.5. The molecule has 1 atom stereocenters. The smallest absolute Gasteiger partial charge is 0.311 e. The van der Waals surface area contributed by atoms with Gasteiger partial charge in [-0.05, 0) is 34.0 Å². The van der Waals surface area contributed by atoms with E-state index in [2.05, 4.69) is 4.72 Å². The highest BCUT2D eigenvalue weighted by atomic mass is 32.2. The Kier molecular flexibility index (Phi) is 5.40. The number of nitrogens with one attached hydrogen (secondary N) is 1. The molecule has 0 heterocycles. The van der Waals surface area contributed by atoms with Crippen molar-refractivity contribution in [3.05, 3.63) is 0 Å². The molecule has 0 radical (unpaired) electrons. The summed E-state index contributed by atoms with van der Waals surface area (Å²) < 4.78 is 8.20. The highest BCUT2D eigenvalue weighted by Crippen LogP contribution is 2.15. The zero-order valence-electron chi connectivity index (χ0n) is 9.01. The van der Waals surface area contributed by atoms with E-state index in [0.29, 0.717) is 6.61 Å². The minimum Gasteiger partial charge on any atom is -0.464 e. The van der Waals surface area contributed by atoms with Crippen molar-refractivity contribution in [2.75, 3.05) is 12.9 Å². The van der Waals surface area contributed by atoms with Crippen molar-refractivity contribution in [1.82, 2.24) is 4.72 Å². The molecule has 0 rings (SSSR count). The lowest BCUT2D eigenvalue weighted by molar-refractivity contribution is -0.153. The summed E-state index contributed by atoms with van der Waals surface area (Å²) in [5.74, 6) is -0.151. The number of ether oxygens (including phenoxy) is 1. The van der Waals surface area contributed by atoms with Gasteiger partial charge in [-0.15, -0.1) is 0 Å². The van der Waals surface area contributed by atoms with E-state index in [0.717, 1.165) is 0 Å². The van der Waals surface area contributed by atoms with Crippen LogP contribution in [0.25, 0.3) is 0 Å². The van der Waals surface area contributed by atoms with Gasteiger partial charge in [0.1, 0.15) is 6.61 Å². The van der Waals surface area contributed by atoms with Crippen molar-refractivity contribution in [3.63, 3.8) is 0 Å². The van der Waals surface area contributed by atoms with Crippen LogP contribution in [0.1, 0.15) is 27.7 Å². The molecule has 13 heavy (non-hydrogen) atoms. The third kappa shape index (κ3) is 5.93. The number of hydrogen-bond acceptors (Lipinski definition) is 4. The predicted octanol–water partition coefficient (Wildman–Crippen LogP) is 1.83. The van der Waals surface area contributed by atoms with Crippen LogP contribution in [0, 0.1) is 5.41 Å². The molecular formula is C9H19NO2S. The van der Waals surface area contributed by atoms with Gasteiger partial charge in [-0.25, -0.2) is 0 Å². The molecule has 4 heteroatoms. The molecular weight excluding hydrogens is 186 g/mol. The van der Waals surface area contributed by atoms with E-state index in [1.165, 1.54) is 11.9 Å². The Balaban J connectivity index is 3.71. The van der Waals surface area contributed by atoms with Crippen molar-refractivity contribution in [3.8, 4) is 0 Å². The maximum Gasteiger partial charge on any atom is 0.311 e. The molecule has 0 aromatic heterocycles. The van der Waals surface area contributed by atoms with Gasteiger partial charge < -0.3 is 4.74 Å². The van der Waals surface area contributed by atoms with E-state index >= 15 is 0 Å². The Morgan fingerprint density at radius 2 is 2.08 bits per heavy atom. The van der Waals surface area contributed by atoms with Gasteiger partial charge in [0.25, 0.3) is 0 Å². The van der Waals surface area contributed by atoms with Crippen LogP contribution in [0.5, 0.6) is 0 Å². The van der Waals surface area contributed by atoms with E-state index in [1.807, 2.05) is 34.0 Å². The monoisotopic (exact) mass is 205 g/mol. The zero-order valence-corrected chi connectivity index (χ0v) is 9.83. The molecule has 0 aromatic carbocycles. The average Bonchev–Trinajstić information content (AvgIpc) is 1.99. The number of carbonyl (C=O) groups is 1. The largest absolute Gasteiger partial charge is 0.464 e. The standard InChI is InChI=1S/C9H19NO2S/c1-7(10-13-5)6-12-8(11)9(2,3)4/h7,10H,6H2,1-5H3. The predicted molar refractivity (Wildman–Crippen MR) is 56.5 cm³/mol. The third-order valence-corrected chi connectivity index (χ3v) is 2.03. The first-order chi connectivity index (χ1) is 5.88. The molecule has 0 spiro atoms. The fourth-order valence-corrected chi connectivity index (χ4v) is 1.12. The maximum atomic E-state index is 11.3. The molecule has 1 N–H and O–H groups in total. The van der Waals surface area contributed by atoms with Crippen LogP contribution < -0.4 is 4.72 Å². The van der Waals surface area contributed by atoms with Gasteiger partial charge in [-0.1, -0.05) is 11.9 Å². The molecule has 78 valence electrons. The van der Waals surface area contributed by atoms with Crippen LogP contribution in [0.3, 0.4) is 0 Å². The van der Waals surface area contributed by atoms with Gasteiger partial charge in [0, 0.05) is 6.04 Å². The van der Waals surface area contributed by atoms with Crippen LogP contribution in [-0.2, 0) is 9.53 Å². The first-order valence-electron chi connectivity index (χ1n) is 4.33. The Hall–Kier alpha value is -0.220. The number of esters is 1. The fourth-order valence-electron chi connectivity index (χ4n) is 0.652. The van der Waals surface area contributed by atoms with Crippen molar-refractivity contribution in [2.45, 2.75) is 33.7 Å². The van der Waals surface area contributed by atoms with Crippen LogP contribution in [0.4, 0.5) is 0 Å². The molecule has 0 aliphatic rings. The first kappa shape index (κ1) is 12.8. The fraction of sp³-hybridized carbons (Fsp3) is 0.889. The number of rotatable bonds is 4. The molecule has 1 unspecified atom stereocenters. The van der Waals surface area contributed by atoms with Crippen LogP contribution in [-0.4, -0.2) is 24.9 Å². The molecule has 0 saturated heterocycles. The summed E-state index contributed by atoms with van der Waals surface area (Å²) in [4.78, 5) is 11.3. The highest BCUT2D eigenvalue weighted by molar-refractivity contribution is 7.96. The summed E-state index contributed by atoms with van der Waals surface area (Å²) in [5, 5.41) is 0. The van der Waals surface area contributed by atoms with Crippen LogP contribution in [0.2, 0.25) is 0 Å². The summed E-state index contributed by atoms with van der Waals surface area (Å²) in [6, 6.07) is 0.196. The molecule has 0 amide bonds. The minimum absolute atomic E-state index is 0.151. The van der Waals surface area contributed by atoms with Gasteiger partial charge in [0.15, 0.2) is 0 Å². The Morgan fingerprint density at radius 1 is 1.54 bits per heavy atom. The molecule has 0 bridgehead atoms. The lowest BCUT2D eigenvalue weighted by atomic mass is 9.97. The third-order valence-electron chi connectivity index (χ3n) is 1.40. The molecule has 0 aromatic rings. The van der Waals surface area contributed by atoms with E-state index in [4.69, 9.17) is 4.74 Å². The molecule has 0 aliphatic heterocycles. The maximum absolute atomic E-state index is 11.3. The van der Waals surface area contributed by atoms with Gasteiger partial charge >= 0.3 is 5.97 Å². The topological polar surface area (TPSA) is 38.3 Å². The second-order valence-corrected chi connectivity index (χ2v) is 4.72. The van der Waals surface area contributed by atoms with Gasteiger partial charge in [-0.2, -0.15) is 0 Å². The second-order valence-electron chi connectivity index (χ2n) is 4.07. The summed E-state index contributed by atoms with van der Waals surface area (Å²) in [6.45, 7) is 7.95. The average molecular weight is 205 g/mol. The summed E-state index contributed by atoms with van der Waals surface area (Å²) >= 11 is 1.53. The number of carbonyl (C=O) groups excluding carboxylic acids is 1. The number of hydrogen-bond donors (Lipinski definition) is 1.